The van der Waals surface area contributed by atoms with Gasteiger partial charge in [-0.3, -0.25) is 0 Å². The van der Waals surface area contributed by atoms with Gasteiger partial charge < -0.3 is 4.42 Å². The molecule has 0 amide bonds. The molecule has 2 radical (unpaired) electrons. The van der Waals surface area contributed by atoms with Crippen molar-refractivity contribution in [2.75, 3.05) is 0 Å². The number of benzene rings is 1. The Morgan fingerprint density at radius 2 is 2.00 bits per heavy atom. The molecule has 13 heavy (non-hydrogen) atoms. The second kappa shape index (κ2) is 3.01. The fourth-order valence-electron chi connectivity index (χ4n) is 1.10. The van der Waals surface area contributed by atoms with Gasteiger partial charge in [0.15, 0.2) is 0 Å². The summed E-state index contributed by atoms with van der Waals surface area (Å²) in [7, 11) is 0. The Balaban J connectivity index is 2.52. The van der Waals surface area contributed by atoms with Crippen LogP contribution in [0.15, 0.2) is 28.7 Å². The average Bonchev–Trinajstić information content (AvgIpc) is 2.53. The summed E-state index contributed by atoms with van der Waals surface area (Å²) in [4.78, 5) is 0. The quantitative estimate of drug-likeness (QED) is 0.661. The first-order chi connectivity index (χ1) is 6.27. The first kappa shape index (κ1) is 7.98. The zero-order valence-electron chi connectivity index (χ0n) is 7.19. The maximum absolute atomic E-state index is 5.73. The molecular formula is C10H8N2O. The van der Waals surface area contributed by atoms with Crippen LogP contribution in [0, 0.1) is 13.8 Å². The molecule has 1 aromatic carbocycles. The lowest BCUT2D eigenvalue weighted by Gasteiger charge is -1.97. The largest absolute Gasteiger partial charge is 0.421 e. The van der Waals surface area contributed by atoms with E-state index < -0.39 is 0 Å². The van der Waals surface area contributed by atoms with Crippen LogP contribution in [-0.4, -0.2) is 10.2 Å². The Bertz CT molecular complexity index is 420. The van der Waals surface area contributed by atoms with Crippen molar-refractivity contribution >= 4 is 0 Å². The van der Waals surface area contributed by atoms with E-state index in [-0.39, 0.29) is 0 Å². The Labute approximate surface area is 76.4 Å². The summed E-state index contributed by atoms with van der Waals surface area (Å²) in [5, 5.41) is 7.61. The van der Waals surface area contributed by atoms with Crippen LogP contribution in [0.1, 0.15) is 11.5 Å². The molecule has 64 valence electrons. The van der Waals surface area contributed by atoms with Gasteiger partial charge in [0.25, 0.3) is 0 Å². The Morgan fingerprint density at radius 3 is 2.62 bits per heavy atom. The molecule has 0 bridgehead atoms. The van der Waals surface area contributed by atoms with Gasteiger partial charge in [0, 0.05) is 12.5 Å². The molecule has 3 heteroatoms. The zero-order valence-corrected chi connectivity index (χ0v) is 7.19. The van der Waals surface area contributed by atoms with Gasteiger partial charge >= 0.3 is 0 Å². The van der Waals surface area contributed by atoms with Crippen molar-refractivity contribution in [2.45, 2.75) is 6.92 Å². The Hall–Kier alpha value is -1.64. The first-order valence-corrected chi connectivity index (χ1v) is 3.92. The Kier molecular flexibility index (Phi) is 1.85. The SMILES string of the molecule is [CH]c1ccccc1-c1nnc(C)o1. The van der Waals surface area contributed by atoms with Crippen LogP contribution >= 0.6 is 0 Å². The second-order valence-electron chi connectivity index (χ2n) is 2.71. The Morgan fingerprint density at radius 1 is 1.23 bits per heavy atom. The summed E-state index contributed by atoms with van der Waals surface area (Å²) in [6.45, 7) is 7.48. The van der Waals surface area contributed by atoms with E-state index in [9.17, 15) is 0 Å². The molecule has 0 saturated heterocycles. The van der Waals surface area contributed by atoms with Crippen LogP contribution in [0.25, 0.3) is 11.5 Å². The predicted molar refractivity (Wildman–Crippen MR) is 47.9 cm³/mol. The number of hydrogen-bond donors (Lipinski definition) is 0. The minimum atomic E-state index is 0.468. The monoisotopic (exact) mass is 172 g/mol. The fourth-order valence-corrected chi connectivity index (χ4v) is 1.10. The molecule has 3 nitrogen and oxygen atoms in total. The zero-order chi connectivity index (χ0) is 9.26. The van der Waals surface area contributed by atoms with E-state index in [1.54, 1.807) is 13.0 Å². The average molecular weight is 172 g/mol. The van der Waals surface area contributed by atoms with Crippen molar-refractivity contribution < 1.29 is 4.42 Å². The van der Waals surface area contributed by atoms with E-state index in [2.05, 4.69) is 10.2 Å². The van der Waals surface area contributed by atoms with Crippen LogP contribution in [0.4, 0.5) is 0 Å². The van der Waals surface area contributed by atoms with E-state index in [0.29, 0.717) is 17.3 Å². The van der Waals surface area contributed by atoms with Crippen molar-refractivity contribution in [1.29, 1.82) is 0 Å². The summed E-state index contributed by atoms with van der Waals surface area (Å²) in [5.41, 5.74) is 1.43. The van der Waals surface area contributed by atoms with Gasteiger partial charge in [-0.2, -0.15) is 0 Å². The van der Waals surface area contributed by atoms with Gasteiger partial charge in [-0.15, -0.1) is 10.2 Å². The molecule has 2 aromatic rings. The minimum absolute atomic E-state index is 0.468. The summed E-state index contributed by atoms with van der Waals surface area (Å²) in [5.74, 6) is 1.01. The maximum atomic E-state index is 5.73. The third-order valence-electron chi connectivity index (χ3n) is 1.72. The van der Waals surface area contributed by atoms with Crippen LogP contribution in [0.5, 0.6) is 0 Å². The minimum Gasteiger partial charge on any atom is -0.421 e. The molecule has 0 spiro atoms. The van der Waals surface area contributed by atoms with Gasteiger partial charge in [0.2, 0.25) is 11.8 Å². The molecule has 0 fully saturated rings. The standard InChI is InChI=1S/C10H8N2O/c1-7-5-3-4-6-9(7)10-12-11-8(2)13-10/h1,3-6H,2H3. The number of nitrogens with zero attached hydrogens (tertiary/aromatic N) is 2. The third kappa shape index (κ3) is 1.45. The van der Waals surface area contributed by atoms with E-state index in [4.69, 9.17) is 11.3 Å². The van der Waals surface area contributed by atoms with Gasteiger partial charge in [-0.05, 0) is 18.6 Å². The molecular weight excluding hydrogens is 164 g/mol. The highest BCUT2D eigenvalue weighted by atomic mass is 16.4. The molecule has 0 N–H and O–H groups in total. The molecule has 0 aliphatic carbocycles. The van der Waals surface area contributed by atoms with E-state index in [1.807, 2.05) is 18.2 Å². The van der Waals surface area contributed by atoms with Crippen molar-refractivity contribution in [1.82, 2.24) is 10.2 Å². The van der Waals surface area contributed by atoms with Crippen molar-refractivity contribution in [3.63, 3.8) is 0 Å². The van der Waals surface area contributed by atoms with Crippen LogP contribution in [0.3, 0.4) is 0 Å². The molecule has 0 atom stereocenters. The maximum Gasteiger partial charge on any atom is 0.248 e. The fraction of sp³-hybridized carbons (Fsp3) is 0.100. The summed E-state index contributed by atoms with van der Waals surface area (Å²) in [6, 6.07) is 7.39. The molecule has 0 aliphatic rings. The number of aromatic nitrogens is 2. The molecule has 2 rings (SSSR count). The van der Waals surface area contributed by atoms with Crippen LogP contribution in [0.2, 0.25) is 0 Å². The lowest BCUT2D eigenvalue weighted by molar-refractivity contribution is 0.532. The van der Waals surface area contributed by atoms with Crippen molar-refractivity contribution in [3.05, 3.63) is 42.6 Å². The molecule has 0 aliphatic heterocycles. The normalized spacial score (nSPS) is 10.3. The summed E-state index contributed by atoms with van der Waals surface area (Å²) >= 11 is 0. The smallest absolute Gasteiger partial charge is 0.248 e. The number of hydrogen-bond acceptors (Lipinski definition) is 3. The predicted octanol–water partition coefficient (Wildman–Crippen LogP) is 2.10. The van der Waals surface area contributed by atoms with E-state index in [0.717, 1.165) is 5.56 Å². The molecule has 0 saturated carbocycles. The van der Waals surface area contributed by atoms with Crippen molar-refractivity contribution in [3.8, 4) is 11.5 Å². The number of rotatable bonds is 1. The van der Waals surface area contributed by atoms with Crippen LogP contribution < -0.4 is 0 Å². The van der Waals surface area contributed by atoms with E-state index >= 15 is 0 Å². The lowest BCUT2D eigenvalue weighted by Crippen LogP contribution is -1.81. The van der Waals surface area contributed by atoms with Crippen molar-refractivity contribution in [2.24, 2.45) is 0 Å². The highest BCUT2D eigenvalue weighted by molar-refractivity contribution is 5.59. The van der Waals surface area contributed by atoms with E-state index in [1.165, 1.54) is 0 Å². The topological polar surface area (TPSA) is 38.9 Å². The molecule has 0 unspecified atom stereocenters. The van der Waals surface area contributed by atoms with Gasteiger partial charge in [0.1, 0.15) is 0 Å². The summed E-state index contributed by atoms with van der Waals surface area (Å²) in [6.07, 6.45) is 0. The van der Waals surface area contributed by atoms with Crippen LogP contribution in [-0.2, 0) is 0 Å². The second-order valence-corrected chi connectivity index (χ2v) is 2.71. The van der Waals surface area contributed by atoms with Gasteiger partial charge in [0.05, 0.1) is 0 Å². The number of aryl methyl sites for hydroxylation is 1. The third-order valence-corrected chi connectivity index (χ3v) is 1.72. The molecule has 1 aromatic heterocycles. The molecule has 1 heterocycles. The highest BCUT2D eigenvalue weighted by Crippen LogP contribution is 2.20. The van der Waals surface area contributed by atoms with Gasteiger partial charge in [-0.25, -0.2) is 0 Å². The summed E-state index contributed by atoms with van der Waals surface area (Å²) < 4.78 is 5.25. The first-order valence-electron chi connectivity index (χ1n) is 3.92. The van der Waals surface area contributed by atoms with Gasteiger partial charge in [-0.1, -0.05) is 18.2 Å². The lowest BCUT2D eigenvalue weighted by atomic mass is 10.1. The highest BCUT2D eigenvalue weighted by Gasteiger charge is 2.07.